The number of hydrogen-bond acceptors (Lipinski definition) is 4. The summed E-state index contributed by atoms with van der Waals surface area (Å²) in [6.45, 7) is 2.05. The van der Waals surface area contributed by atoms with Gasteiger partial charge in [-0.25, -0.2) is 0 Å². The normalized spacial score (nSPS) is 11.6. The smallest absolute Gasteiger partial charge is 0.273 e. The first kappa shape index (κ1) is 13.1. The summed E-state index contributed by atoms with van der Waals surface area (Å²) in [7, 11) is 0. The first-order chi connectivity index (χ1) is 8.15. The van der Waals surface area contributed by atoms with Crippen LogP contribution in [0.5, 0.6) is 0 Å². The van der Waals surface area contributed by atoms with E-state index in [0.29, 0.717) is 17.9 Å². The molecular weight excluding hydrogens is 218 g/mol. The van der Waals surface area contributed by atoms with Crippen molar-refractivity contribution in [2.75, 3.05) is 18.5 Å². The second kappa shape index (κ2) is 6.55. The van der Waals surface area contributed by atoms with Gasteiger partial charge in [-0.15, -0.1) is 0 Å². The molecule has 17 heavy (non-hydrogen) atoms. The van der Waals surface area contributed by atoms with Crippen molar-refractivity contribution in [3.63, 3.8) is 0 Å². The minimum Gasteiger partial charge on any atom is -0.395 e. The molecule has 0 spiro atoms. The number of rotatable bonds is 5. The summed E-state index contributed by atoms with van der Waals surface area (Å²) >= 11 is 0. The van der Waals surface area contributed by atoms with Gasteiger partial charge in [-0.2, -0.15) is 0 Å². The maximum atomic E-state index is 11.7. The first-order valence-corrected chi connectivity index (χ1v) is 5.32. The molecule has 0 aliphatic carbocycles. The number of nitrogens with one attached hydrogen (secondary N) is 2. The van der Waals surface area contributed by atoms with Crippen molar-refractivity contribution in [1.29, 1.82) is 0 Å². The summed E-state index contributed by atoms with van der Waals surface area (Å²) in [6.07, 6.45) is 0. The van der Waals surface area contributed by atoms with Crippen molar-refractivity contribution in [3.05, 3.63) is 41.7 Å². The Morgan fingerprint density at radius 3 is 2.59 bits per heavy atom. The zero-order valence-corrected chi connectivity index (χ0v) is 9.73. The average molecular weight is 235 g/mol. The molecule has 5 heteroatoms. The van der Waals surface area contributed by atoms with Crippen LogP contribution in [-0.4, -0.2) is 24.2 Å². The minimum atomic E-state index is -0.362. The van der Waals surface area contributed by atoms with E-state index >= 15 is 0 Å². The zero-order chi connectivity index (χ0) is 12.7. The molecule has 1 aromatic rings. The number of amides is 1. The van der Waals surface area contributed by atoms with Crippen LogP contribution in [0.2, 0.25) is 0 Å². The van der Waals surface area contributed by atoms with E-state index in [1.165, 1.54) is 0 Å². The number of nitrogens with two attached hydrogens (primary N) is 1. The van der Waals surface area contributed by atoms with Crippen molar-refractivity contribution in [3.8, 4) is 0 Å². The minimum absolute atomic E-state index is 0.00900. The molecular formula is C12H17N3O2. The maximum absolute atomic E-state index is 11.7. The van der Waals surface area contributed by atoms with Gasteiger partial charge in [0.1, 0.15) is 5.70 Å². The van der Waals surface area contributed by atoms with Gasteiger partial charge in [0.05, 0.1) is 6.61 Å². The number of hydrogen-bond donors (Lipinski definition) is 4. The molecule has 92 valence electrons. The van der Waals surface area contributed by atoms with Gasteiger partial charge < -0.3 is 21.5 Å². The van der Waals surface area contributed by atoms with Gasteiger partial charge in [-0.3, -0.25) is 4.79 Å². The third-order valence-corrected chi connectivity index (χ3v) is 2.18. The van der Waals surface area contributed by atoms with E-state index in [1.807, 2.05) is 18.2 Å². The lowest BCUT2D eigenvalue weighted by molar-refractivity contribution is -0.113. The van der Waals surface area contributed by atoms with Gasteiger partial charge in [0.2, 0.25) is 0 Å². The molecule has 0 atom stereocenters. The van der Waals surface area contributed by atoms with Crippen molar-refractivity contribution < 1.29 is 9.90 Å². The molecule has 0 aliphatic rings. The van der Waals surface area contributed by atoms with E-state index in [1.54, 1.807) is 19.1 Å². The monoisotopic (exact) mass is 235 g/mol. The molecule has 0 heterocycles. The molecule has 0 aromatic heterocycles. The van der Waals surface area contributed by atoms with Gasteiger partial charge in [0.15, 0.2) is 0 Å². The van der Waals surface area contributed by atoms with Crippen LogP contribution in [0.3, 0.4) is 0 Å². The SMILES string of the molecule is C/C(NCCO)=C(\N)C(=O)Nc1ccccc1. The lowest BCUT2D eigenvalue weighted by Gasteiger charge is -2.10. The Bertz CT molecular complexity index is 401. The highest BCUT2D eigenvalue weighted by molar-refractivity contribution is 6.03. The summed E-state index contributed by atoms with van der Waals surface area (Å²) < 4.78 is 0. The fourth-order valence-corrected chi connectivity index (χ4v) is 1.23. The molecule has 5 nitrogen and oxygen atoms in total. The highest BCUT2D eigenvalue weighted by Crippen LogP contribution is 2.06. The van der Waals surface area contributed by atoms with Crippen LogP contribution in [-0.2, 0) is 4.79 Å². The summed E-state index contributed by atoms with van der Waals surface area (Å²) in [5.41, 5.74) is 7.02. The Kier molecular flexibility index (Phi) is 5.03. The largest absolute Gasteiger partial charge is 0.395 e. The number of carbonyl (C=O) groups is 1. The summed E-state index contributed by atoms with van der Waals surface area (Å²) in [6, 6.07) is 9.07. The molecule has 0 bridgehead atoms. The Labute approximate surface area is 100 Å². The zero-order valence-electron chi connectivity index (χ0n) is 9.73. The van der Waals surface area contributed by atoms with E-state index in [2.05, 4.69) is 10.6 Å². The van der Waals surface area contributed by atoms with Gasteiger partial charge in [0, 0.05) is 17.9 Å². The quantitative estimate of drug-likeness (QED) is 0.556. The van der Waals surface area contributed by atoms with Crippen molar-refractivity contribution in [2.24, 2.45) is 5.73 Å². The molecule has 0 saturated carbocycles. The van der Waals surface area contributed by atoms with Crippen LogP contribution in [0.25, 0.3) is 0 Å². The number of carbonyl (C=O) groups excluding carboxylic acids is 1. The van der Waals surface area contributed by atoms with Crippen LogP contribution >= 0.6 is 0 Å². The van der Waals surface area contributed by atoms with E-state index in [0.717, 1.165) is 0 Å². The maximum Gasteiger partial charge on any atom is 0.273 e. The third kappa shape index (κ3) is 4.16. The Morgan fingerprint density at radius 2 is 2.00 bits per heavy atom. The fraction of sp³-hybridized carbons (Fsp3) is 0.250. The first-order valence-electron chi connectivity index (χ1n) is 5.32. The number of anilines is 1. The highest BCUT2D eigenvalue weighted by Gasteiger charge is 2.08. The van der Waals surface area contributed by atoms with Crippen LogP contribution in [0, 0.1) is 0 Å². The molecule has 0 unspecified atom stereocenters. The van der Waals surface area contributed by atoms with Crippen LogP contribution in [0.1, 0.15) is 6.92 Å². The van der Waals surface area contributed by atoms with Crippen LogP contribution in [0.4, 0.5) is 5.69 Å². The summed E-state index contributed by atoms with van der Waals surface area (Å²) in [5.74, 6) is -0.362. The molecule has 1 amide bonds. The van der Waals surface area contributed by atoms with Crippen molar-refractivity contribution in [1.82, 2.24) is 5.32 Å². The topological polar surface area (TPSA) is 87.4 Å². The molecule has 1 rings (SSSR count). The van der Waals surface area contributed by atoms with Crippen LogP contribution < -0.4 is 16.4 Å². The number of benzene rings is 1. The summed E-state index contributed by atoms with van der Waals surface area (Å²) in [5, 5.41) is 14.2. The third-order valence-electron chi connectivity index (χ3n) is 2.18. The van der Waals surface area contributed by atoms with Gasteiger partial charge >= 0.3 is 0 Å². The lowest BCUT2D eigenvalue weighted by atomic mass is 10.3. The number of aliphatic hydroxyl groups excluding tert-OH is 1. The average Bonchev–Trinajstić information content (AvgIpc) is 2.36. The molecule has 0 aliphatic heterocycles. The number of allylic oxidation sites excluding steroid dienone is 1. The second-order valence-electron chi connectivity index (χ2n) is 3.51. The second-order valence-corrected chi connectivity index (χ2v) is 3.51. The lowest BCUT2D eigenvalue weighted by Crippen LogP contribution is -2.27. The van der Waals surface area contributed by atoms with E-state index < -0.39 is 0 Å². The standard InChI is InChI=1S/C12H17N3O2/c1-9(14-7-8-16)11(13)12(17)15-10-5-3-2-4-6-10/h2-6,14,16H,7-8,13H2,1H3,(H,15,17)/b11-9+. The molecule has 5 N–H and O–H groups in total. The van der Waals surface area contributed by atoms with E-state index in [9.17, 15) is 4.79 Å². The predicted molar refractivity (Wildman–Crippen MR) is 67.0 cm³/mol. The van der Waals surface area contributed by atoms with Crippen LogP contribution in [0.15, 0.2) is 41.7 Å². The Balaban J connectivity index is 2.64. The molecule has 1 aromatic carbocycles. The highest BCUT2D eigenvalue weighted by atomic mass is 16.3. The Morgan fingerprint density at radius 1 is 1.35 bits per heavy atom. The van der Waals surface area contributed by atoms with Gasteiger partial charge in [0.25, 0.3) is 5.91 Å². The number of para-hydroxylation sites is 1. The number of aliphatic hydroxyl groups is 1. The predicted octanol–water partition coefficient (Wildman–Crippen LogP) is 0.397. The molecule has 0 fully saturated rings. The molecule has 0 saturated heterocycles. The Hall–Kier alpha value is -2.01. The summed E-state index contributed by atoms with van der Waals surface area (Å²) in [4.78, 5) is 11.7. The van der Waals surface area contributed by atoms with Gasteiger partial charge in [-0.1, -0.05) is 18.2 Å². The van der Waals surface area contributed by atoms with Gasteiger partial charge in [-0.05, 0) is 19.1 Å². The van der Waals surface area contributed by atoms with E-state index in [4.69, 9.17) is 10.8 Å². The van der Waals surface area contributed by atoms with Crippen molar-refractivity contribution >= 4 is 11.6 Å². The van der Waals surface area contributed by atoms with Crippen molar-refractivity contribution in [2.45, 2.75) is 6.92 Å². The fourth-order valence-electron chi connectivity index (χ4n) is 1.23. The van der Waals surface area contributed by atoms with E-state index in [-0.39, 0.29) is 18.2 Å². The molecule has 0 radical (unpaired) electrons.